The summed E-state index contributed by atoms with van der Waals surface area (Å²) in [5, 5.41) is 5.51. The molecule has 0 unspecified atom stereocenters. The largest absolute Gasteiger partial charge is 0.457 e. The first-order valence-corrected chi connectivity index (χ1v) is 10.7. The predicted octanol–water partition coefficient (Wildman–Crippen LogP) is 5.57. The minimum atomic E-state index is -0.285. The van der Waals surface area contributed by atoms with E-state index in [4.69, 9.17) is 4.74 Å². The van der Waals surface area contributed by atoms with Crippen LogP contribution >= 0.6 is 0 Å². The molecule has 1 aromatic heterocycles. The highest BCUT2D eigenvalue weighted by molar-refractivity contribution is 6.06. The number of nitrogens with one attached hydrogen (secondary N) is 2. The number of ether oxygens (including phenoxy) is 1. The van der Waals surface area contributed by atoms with E-state index >= 15 is 0 Å². The number of anilines is 1. The maximum atomic E-state index is 12.7. The van der Waals surface area contributed by atoms with Crippen LogP contribution < -0.4 is 15.4 Å². The van der Waals surface area contributed by atoms with Crippen LogP contribution in [0.3, 0.4) is 0 Å². The zero-order valence-electron chi connectivity index (χ0n) is 19.6. The van der Waals surface area contributed by atoms with E-state index < -0.39 is 0 Å². The van der Waals surface area contributed by atoms with Crippen molar-refractivity contribution in [3.63, 3.8) is 0 Å². The van der Waals surface area contributed by atoms with Crippen LogP contribution in [0.1, 0.15) is 49.3 Å². The summed E-state index contributed by atoms with van der Waals surface area (Å²) in [6, 6.07) is 18.5. The zero-order valence-corrected chi connectivity index (χ0v) is 19.6. The van der Waals surface area contributed by atoms with E-state index in [1.807, 2.05) is 42.5 Å². The van der Waals surface area contributed by atoms with Crippen molar-refractivity contribution in [2.24, 2.45) is 0 Å². The molecule has 0 atom stereocenters. The number of benzene rings is 2. The lowest BCUT2D eigenvalue weighted by Gasteiger charge is -2.20. The van der Waals surface area contributed by atoms with Crippen molar-refractivity contribution < 1.29 is 14.3 Å². The van der Waals surface area contributed by atoms with Crippen LogP contribution in [0, 0.1) is 0 Å². The zero-order chi connectivity index (χ0) is 24.0. The van der Waals surface area contributed by atoms with Crippen LogP contribution in [0.5, 0.6) is 11.5 Å². The minimum absolute atomic E-state index is 0.00197. The van der Waals surface area contributed by atoms with Gasteiger partial charge in [0.25, 0.3) is 11.8 Å². The van der Waals surface area contributed by atoms with Gasteiger partial charge in [-0.25, -0.2) is 0 Å². The number of hydrogen-bond donors (Lipinski definition) is 2. The number of carbonyl (C=O) groups excluding carboxylic acids is 2. The maximum absolute atomic E-state index is 12.7. The smallest absolute Gasteiger partial charge is 0.269 e. The van der Waals surface area contributed by atoms with Gasteiger partial charge in [-0.3, -0.25) is 14.6 Å². The second kappa shape index (κ2) is 10.1. The fourth-order valence-corrected chi connectivity index (χ4v) is 3.14. The highest BCUT2D eigenvalue weighted by Crippen LogP contribution is 2.26. The minimum Gasteiger partial charge on any atom is -0.457 e. The van der Waals surface area contributed by atoms with Crippen LogP contribution in [-0.4, -0.2) is 23.8 Å². The fourth-order valence-electron chi connectivity index (χ4n) is 3.14. The third kappa shape index (κ3) is 6.53. The molecule has 6 nitrogen and oxygen atoms in total. The molecule has 1 heterocycles. The third-order valence-electron chi connectivity index (χ3n) is 5.01. The van der Waals surface area contributed by atoms with Gasteiger partial charge < -0.3 is 15.4 Å². The van der Waals surface area contributed by atoms with Gasteiger partial charge in [0.05, 0.1) is 0 Å². The van der Waals surface area contributed by atoms with E-state index in [-0.39, 0.29) is 22.9 Å². The lowest BCUT2D eigenvalue weighted by atomic mass is 9.87. The van der Waals surface area contributed by atoms with Crippen LogP contribution in [0.2, 0.25) is 0 Å². The molecule has 0 radical (unpaired) electrons. The second-order valence-electron chi connectivity index (χ2n) is 8.74. The Bertz CT molecular complexity index is 1190. The number of pyridine rings is 1. The standard InChI is InChI=1S/C27H29N3O3/c1-18(25(31)30-21-10-7-9-20(16-21)27(2,3)4)14-19-8-6-11-22(15-19)33-23-12-13-29-24(17-23)26(32)28-5/h6-17H,1-5H3,(H,28,32)(H,30,31). The Morgan fingerprint density at radius 2 is 1.70 bits per heavy atom. The summed E-state index contributed by atoms with van der Waals surface area (Å²) in [7, 11) is 1.55. The average Bonchev–Trinajstić information content (AvgIpc) is 2.78. The van der Waals surface area contributed by atoms with E-state index in [0.717, 1.165) is 16.8 Å². The number of hydrogen-bond acceptors (Lipinski definition) is 4. The Hall–Kier alpha value is -3.93. The molecule has 2 aromatic carbocycles. The molecule has 0 aliphatic carbocycles. The number of nitrogens with zero attached hydrogens (tertiary/aromatic N) is 1. The molecule has 0 saturated carbocycles. The van der Waals surface area contributed by atoms with Crippen LogP contribution in [0.25, 0.3) is 6.08 Å². The van der Waals surface area contributed by atoms with E-state index in [2.05, 4.69) is 42.5 Å². The first-order valence-electron chi connectivity index (χ1n) is 10.7. The highest BCUT2D eigenvalue weighted by atomic mass is 16.5. The molecule has 2 amide bonds. The molecule has 0 aliphatic heterocycles. The SMILES string of the molecule is CNC(=O)c1cc(Oc2cccc(C=C(C)C(=O)Nc3cccc(C(C)(C)C)c3)c2)ccn1. The topological polar surface area (TPSA) is 80.3 Å². The highest BCUT2D eigenvalue weighted by Gasteiger charge is 2.14. The second-order valence-corrected chi connectivity index (χ2v) is 8.74. The molecule has 3 aromatic rings. The molecule has 6 heteroatoms. The van der Waals surface area contributed by atoms with E-state index in [0.29, 0.717) is 17.1 Å². The summed E-state index contributed by atoms with van der Waals surface area (Å²) < 4.78 is 5.89. The Kier molecular flexibility index (Phi) is 7.28. The Labute approximate surface area is 194 Å². The van der Waals surface area contributed by atoms with Crippen molar-refractivity contribution in [2.75, 3.05) is 12.4 Å². The van der Waals surface area contributed by atoms with Crippen molar-refractivity contribution >= 4 is 23.6 Å². The fraction of sp³-hybridized carbons (Fsp3) is 0.222. The van der Waals surface area contributed by atoms with Gasteiger partial charge >= 0.3 is 0 Å². The van der Waals surface area contributed by atoms with Crippen LogP contribution in [0.4, 0.5) is 5.69 Å². The van der Waals surface area contributed by atoms with Crippen molar-refractivity contribution in [3.05, 3.63) is 89.3 Å². The Morgan fingerprint density at radius 3 is 2.42 bits per heavy atom. The first kappa shape index (κ1) is 23.7. The van der Waals surface area contributed by atoms with Crippen molar-refractivity contribution in [3.8, 4) is 11.5 Å². The molecule has 170 valence electrons. The van der Waals surface area contributed by atoms with Gasteiger partial charge in [-0.15, -0.1) is 0 Å². The average molecular weight is 444 g/mol. The third-order valence-corrected chi connectivity index (χ3v) is 5.01. The molecule has 0 bridgehead atoms. The van der Waals surface area contributed by atoms with Gasteiger partial charge in [0.2, 0.25) is 0 Å². The molecule has 0 aliphatic rings. The van der Waals surface area contributed by atoms with E-state index in [1.54, 1.807) is 32.2 Å². The Morgan fingerprint density at radius 1 is 0.970 bits per heavy atom. The lowest BCUT2D eigenvalue weighted by Crippen LogP contribution is -2.18. The van der Waals surface area contributed by atoms with Crippen molar-refractivity contribution in [1.82, 2.24) is 10.3 Å². The number of rotatable bonds is 6. The van der Waals surface area contributed by atoms with Crippen LogP contribution in [-0.2, 0) is 10.2 Å². The van der Waals surface area contributed by atoms with Gasteiger partial charge in [-0.2, -0.15) is 0 Å². The summed E-state index contributed by atoms with van der Waals surface area (Å²) in [5.74, 6) is 0.630. The molecule has 3 rings (SSSR count). The van der Waals surface area contributed by atoms with Gasteiger partial charge in [0, 0.05) is 30.6 Å². The summed E-state index contributed by atoms with van der Waals surface area (Å²) in [6.07, 6.45) is 3.32. The molecular weight excluding hydrogens is 414 g/mol. The van der Waals surface area contributed by atoms with Crippen molar-refractivity contribution in [2.45, 2.75) is 33.1 Å². The predicted molar refractivity (Wildman–Crippen MR) is 132 cm³/mol. The normalized spacial score (nSPS) is 11.6. The molecule has 0 fully saturated rings. The van der Waals surface area contributed by atoms with Gasteiger partial charge in [0.1, 0.15) is 17.2 Å². The monoisotopic (exact) mass is 443 g/mol. The van der Waals surface area contributed by atoms with Gasteiger partial charge in [-0.1, -0.05) is 45.0 Å². The summed E-state index contributed by atoms with van der Waals surface area (Å²) in [4.78, 5) is 28.5. The number of amides is 2. The van der Waals surface area contributed by atoms with Gasteiger partial charge in [0.15, 0.2) is 0 Å². The van der Waals surface area contributed by atoms with Crippen molar-refractivity contribution in [1.29, 1.82) is 0 Å². The quantitative estimate of drug-likeness (QED) is 0.488. The maximum Gasteiger partial charge on any atom is 0.269 e. The number of aromatic nitrogens is 1. The molecule has 33 heavy (non-hydrogen) atoms. The van der Waals surface area contributed by atoms with Crippen LogP contribution in [0.15, 0.2) is 72.4 Å². The molecule has 0 spiro atoms. The van der Waals surface area contributed by atoms with E-state index in [1.165, 1.54) is 6.20 Å². The molecule has 0 saturated heterocycles. The lowest BCUT2D eigenvalue weighted by molar-refractivity contribution is -0.112. The summed E-state index contributed by atoms with van der Waals surface area (Å²) in [5.41, 5.74) is 3.59. The number of carbonyl (C=O) groups is 2. The first-order chi connectivity index (χ1) is 15.7. The van der Waals surface area contributed by atoms with Gasteiger partial charge in [-0.05, 0) is 59.9 Å². The molecular formula is C27H29N3O3. The summed E-state index contributed by atoms with van der Waals surface area (Å²) >= 11 is 0. The van der Waals surface area contributed by atoms with E-state index in [9.17, 15) is 9.59 Å². The Balaban J connectivity index is 1.73. The summed E-state index contributed by atoms with van der Waals surface area (Å²) in [6.45, 7) is 8.19. The molecule has 2 N–H and O–H groups in total.